The molecule has 3 aromatic rings. The number of carbonyl (C=O) groups is 1. The maximum absolute atomic E-state index is 12.0. The molecule has 0 aliphatic carbocycles. The molecule has 3 rings (SSSR count). The minimum absolute atomic E-state index is 0.207. The molecule has 0 unspecified atom stereocenters. The minimum atomic E-state index is -0.542. The van der Waals surface area contributed by atoms with Crippen molar-refractivity contribution in [3.05, 3.63) is 57.8 Å². The Morgan fingerprint density at radius 1 is 1.30 bits per heavy atom. The van der Waals surface area contributed by atoms with Crippen LogP contribution in [-0.4, -0.2) is 15.9 Å². The Labute approximate surface area is 117 Å². The highest BCUT2D eigenvalue weighted by Gasteiger charge is 2.09. The summed E-state index contributed by atoms with van der Waals surface area (Å²) in [5.41, 5.74) is 1.65. The van der Waals surface area contributed by atoms with Crippen LogP contribution in [0.2, 0.25) is 5.02 Å². The molecule has 0 spiro atoms. The number of aromatic amines is 1. The molecule has 2 aromatic heterocycles. The zero-order chi connectivity index (χ0) is 14.1. The number of fused-ring (bicyclic) bond motifs is 1. The fourth-order valence-electron chi connectivity index (χ4n) is 1.75. The van der Waals surface area contributed by atoms with Crippen LogP contribution in [0.1, 0.15) is 10.5 Å². The van der Waals surface area contributed by atoms with Crippen molar-refractivity contribution in [2.24, 2.45) is 0 Å². The molecular weight excluding hydrogens is 282 g/mol. The SMILES string of the molecule is O=C(Nc1ccc2oc(=O)[nH]c2c1)c1cc(Cl)ccn1. The maximum Gasteiger partial charge on any atom is 0.417 e. The van der Waals surface area contributed by atoms with Gasteiger partial charge in [-0.2, -0.15) is 0 Å². The Kier molecular flexibility index (Phi) is 3.00. The molecule has 2 heterocycles. The number of nitrogens with one attached hydrogen (secondary N) is 2. The Bertz CT molecular complexity index is 853. The Hall–Kier alpha value is -2.60. The summed E-state index contributed by atoms with van der Waals surface area (Å²) in [7, 11) is 0. The van der Waals surface area contributed by atoms with Gasteiger partial charge >= 0.3 is 5.76 Å². The van der Waals surface area contributed by atoms with Crippen molar-refractivity contribution in [1.29, 1.82) is 0 Å². The molecule has 1 aromatic carbocycles. The van der Waals surface area contributed by atoms with Gasteiger partial charge in [-0.1, -0.05) is 11.6 Å². The number of nitrogens with zero attached hydrogens (tertiary/aromatic N) is 1. The molecule has 6 nitrogen and oxygen atoms in total. The van der Waals surface area contributed by atoms with Gasteiger partial charge in [0.25, 0.3) is 5.91 Å². The molecule has 0 fully saturated rings. The van der Waals surface area contributed by atoms with Crippen LogP contribution in [0, 0.1) is 0 Å². The van der Waals surface area contributed by atoms with Crippen molar-refractivity contribution >= 4 is 34.3 Å². The average Bonchev–Trinajstić information content (AvgIpc) is 2.78. The third kappa shape index (κ3) is 2.41. The van der Waals surface area contributed by atoms with Crippen LogP contribution in [-0.2, 0) is 0 Å². The number of halogens is 1. The van der Waals surface area contributed by atoms with Gasteiger partial charge in [-0.3, -0.25) is 14.8 Å². The number of aromatic nitrogens is 2. The number of benzene rings is 1. The number of oxazole rings is 1. The first kappa shape index (κ1) is 12.4. The molecule has 0 aliphatic heterocycles. The predicted molar refractivity (Wildman–Crippen MR) is 74.0 cm³/mol. The zero-order valence-corrected chi connectivity index (χ0v) is 10.8. The molecule has 100 valence electrons. The number of H-pyrrole nitrogens is 1. The van der Waals surface area contributed by atoms with E-state index in [1.54, 1.807) is 24.3 Å². The first-order chi connectivity index (χ1) is 9.61. The summed E-state index contributed by atoms with van der Waals surface area (Å²) < 4.78 is 4.87. The Balaban J connectivity index is 1.88. The molecule has 1 amide bonds. The fraction of sp³-hybridized carbons (Fsp3) is 0. The predicted octanol–water partition coefficient (Wildman–Crippen LogP) is 2.42. The molecule has 0 aliphatic rings. The van der Waals surface area contributed by atoms with Crippen molar-refractivity contribution in [2.45, 2.75) is 0 Å². The van der Waals surface area contributed by atoms with E-state index in [2.05, 4.69) is 15.3 Å². The second kappa shape index (κ2) is 4.82. The largest absolute Gasteiger partial charge is 0.417 e. The van der Waals surface area contributed by atoms with Crippen molar-refractivity contribution in [2.75, 3.05) is 5.32 Å². The van der Waals surface area contributed by atoms with E-state index in [-0.39, 0.29) is 5.69 Å². The van der Waals surface area contributed by atoms with E-state index in [1.807, 2.05) is 0 Å². The summed E-state index contributed by atoms with van der Waals surface area (Å²) in [6, 6.07) is 7.87. The third-order valence-electron chi connectivity index (χ3n) is 2.63. The second-order valence-electron chi connectivity index (χ2n) is 4.04. The van der Waals surface area contributed by atoms with Gasteiger partial charge in [-0.05, 0) is 30.3 Å². The number of carbonyl (C=O) groups excluding carboxylic acids is 1. The van der Waals surface area contributed by atoms with Crippen molar-refractivity contribution < 1.29 is 9.21 Å². The van der Waals surface area contributed by atoms with Crippen molar-refractivity contribution in [1.82, 2.24) is 9.97 Å². The van der Waals surface area contributed by atoms with Crippen LogP contribution in [0.3, 0.4) is 0 Å². The monoisotopic (exact) mass is 289 g/mol. The number of amides is 1. The van der Waals surface area contributed by atoms with Gasteiger partial charge in [0, 0.05) is 16.9 Å². The summed E-state index contributed by atoms with van der Waals surface area (Å²) >= 11 is 5.80. The van der Waals surface area contributed by atoms with E-state index < -0.39 is 11.7 Å². The van der Waals surface area contributed by atoms with E-state index in [4.69, 9.17) is 16.0 Å². The second-order valence-corrected chi connectivity index (χ2v) is 4.48. The fourth-order valence-corrected chi connectivity index (χ4v) is 1.91. The van der Waals surface area contributed by atoms with Crippen LogP contribution >= 0.6 is 11.6 Å². The third-order valence-corrected chi connectivity index (χ3v) is 2.87. The highest BCUT2D eigenvalue weighted by atomic mass is 35.5. The van der Waals surface area contributed by atoms with Crippen LogP contribution < -0.4 is 11.1 Å². The van der Waals surface area contributed by atoms with E-state index >= 15 is 0 Å². The van der Waals surface area contributed by atoms with E-state index in [9.17, 15) is 9.59 Å². The minimum Gasteiger partial charge on any atom is -0.408 e. The summed E-state index contributed by atoms with van der Waals surface area (Å²) in [6.45, 7) is 0. The molecule has 0 bridgehead atoms. The molecule has 0 saturated carbocycles. The topological polar surface area (TPSA) is 88.0 Å². The van der Waals surface area contributed by atoms with Crippen LogP contribution in [0.4, 0.5) is 5.69 Å². The highest BCUT2D eigenvalue weighted by Crippen LogP contribution is 2.17. The van der Waals surface area contributed by atoms with E-state index in [0.717, 1.165) is 0 Å². The van der Waals surface area contributed by atoms with Crippen molar-refractivity contribution in [3.8, 4) is 0 Å². The standard InChI is InChI=1S/C13H8ClN3O3/c14-7-3-4-15-10(5-7)12(18)16-8-1-2-11-9(6-8)17-13(19)20-11/h1-6H,(H,16,18)(H,17,19). The van der Waals surface area contributed by atoms with Gasteiger partial charge in [0.2, 0.25) is 0 Å². The summed E-state index contributed by atoms with van der Waals surface area (Å²) in [6.07, 6.45) is 1.45. The van der Waals surface area contributed by atoms with Gasteiger partial charge in [-0.25, -0.2) is 4.79 Å². The molecule has 7 heteroatoms. The Morgan fingerprint density at radius 3 is 2.95 bits per heavy atom. The summed E-state index contributed by atoms with van der Waals surface area (Å²) in [4.78, 5) is 29.5. The van der Waals surface area contributed by atoms with Crippen molar-refractivity contribution in [3.63, 3.8) is 0 Å². The van der Waals surface area contributed by atoms with Crippen LogP contribution in [0.25, 0.3) is 11.1 Å². The lowest BCUT2D eigenvalue weighted by molar-refractivity contribution is 0.102. The lowest BCUT2D eigenvalue weighted by Gasteiger charge is -2.04. The van der Waals surface area contributed by atoms with Gasteiger partial charge in [0.05, 0.1) is 5.52 Å². The molecule has 0 saturated heterocycles. The quantitative estimate of drug-likeness (QED) is 0.758. The summed E-state index contributed by atoms with van der Waals surface area (Å²) in [5.74, 6) is -0.933. The Morgan fingerprint density at radius 2 is 2.15 bits per heavy atom. The number of rotatable bonds is 2. The average molecular weight is 290 g/mol. The maximum atomic E-state index is 12.0. The molecule has 20 heavy (non-hydrogen) atoms. The zero-order valence-electron chi connectivity index (χ0n) is 10.0. The van der Waals surface area contributed by atoms with E-state index in [1.165, 1.54) is 12.3 Å². The lowest BCUT2D eigenvalue weighted by atomic mass is 10.2. The molecular formula is C13H8ClN3O3. The summed E-state index contributed by atoms with van der Waals surface area (Å²) in [5, 5.41) is 3.09. The molecule has 0 atom stereocenters. The van der Waals surface area contributed by atoms with Gasteiger partial charge in [0.1, 0.15) is 5.69 Å². The number of anilines is 1. The lowest BCUT2D eigenvalue weighted by Crippen LogP contribution is -2.13. The molecule has 0 radical (unpaired) electrons. The number of hydrogen-bond donors (Lipinski definition) is 2. The van der Waals surface area contributed by atoms with E-state index in [0.29, 0.717) is 21.8 Å². The highest BCUT2D eigenvalue weighted by molar-refractivity contribution is 6.30. The van der Waals surface area contributed by atoms with Crippen LogP contribution in [0.5, 0.6) is 0 Å². The van der Waals surface area contributed by atoms with Gasteiger partial charge < -0.3 is 9.73 Å². The van der Waals surface area contributed by atoms with Crippen LogP contribution in [0.15, 0.2) is 45.7 Å². The van der Waals surface area contributed by atoms with Gasteiger partial charge in [0.15, 0.2) is 5.58 Å². The smallest absolute Gasteiger partial charge is 0.408 e. The molecule has 2 N–H and O–H groups in total. The first-order valence-electron chi connectivity index (χ1n) is 5.67. The normalized spacial score (nSPS) is 10.7. The number of hydrogen-bond acceptors (Lipinski definition) is 4. The number of pyridine rings is 1. The van der Waals surface area contributed by atoms with Gasteiger partial charge in [-0.15, -0.1) is 0 Å². The first-order valence-corrected chi connectivity index (χ1v) is 6.05.